The summed E-state index contributed by atoms with van der Waals surface area (Å²) in [6, 6.07) is 9.29. The van der Waals surface area contributed by atoms with Crippen LogP contribution >= 0.6 is 0 Å². The average Bonchev–Trinajstić information content (AvgIpc) is 3.31. The second-order valence-electron chi connectivity index (χ2n) is 19.9. The molecule has 2 heterocycles. The summed E-state index contributed by atoms with van der Waals surface area (Å²) in [5.41, 5.74) is 10.4. The first-order chi connectivity index (χ1) is 35.1. The molecule has 2 aliphatic rings. The number of carboxylic acid groups (broad SMARTS) is 1. The molecule has 4 atom stereocenters. The van der Waals surface area contributed by atoms with Gasteiger partial charge in [0.2, 0.25) is 11.9 Å². The number of esters is 2. The van der Waals surface area contributed by atoms with Crippen LogP contribution in [0.3, 0.4) is 0 Å². The fourth-order valence-corrected chi connectivity index (χ4v) is 8.16. The Balaban J connectivity index is 0.000000272. The predicted molar refractivity (Wildman–Crippen MR) is 277 cm³/mol. The number of anilines is 2. The van der Waals surface area contributed by atoms with Gasteiger partial charge in [0, 0.05) is 18.6 Å². The fraction of sp³-hybridized carbons (Fsp3) is 0.500. The number of carbonyl (C=O) groups excluding carboxylic acids is 5. The van der Waals surface area contributed by atoms with Crippen molar-refractivity contribution in [1.82, 2.24) is 35.9 Å². The van der Waals surface area contributed by atoms with Crippen LogP contribution in [0.5, 0.6) is 11.5 Å². The summed E-state index contributed by atoms with van der Waals surface area (Å²) in [5.74, 6) is -1.46. The Morgan fingerprint density at radius 1 is 0.640 bits per heavy atom. The molecule has 0 saturated heterocycles. The molecule has 2 unspecified atom stereocenters. The van der Waals surface area contributed by atoms with E-state index >= 15 is 0 Å². The van der Waals surface area contributed by atoms with E-state index in [-0.39, 0.29) is 42.0 Å². The van der Waals surface area contributed by atoms with E-state index in [4.69, 9.17) is 19.9 Å². The van der Waals surface area contributed by atoms with Gasteiger partial charge in [-0.25, -0.2) is 39.1 Å². The molecule has 2 aromatic heterocycles. The quantitative estimate of drug-likeness (QED) is 0.0625. The van der Waals surface area contributed by atoms with Crippen molar-refractivity contribution >= 4 is 47.9 Å². The van der Waals surface area contributed by atoms with Gasteiger partial charge in [-0.3, -0.25) is 9.59 Å². The zero-order valence-corrected chi connectivity index (χ0v) is 44.7. The molecule has 6 rings (SSSR count). The third-order valence-electron chi connectivity index (χ3n) is 11.6. The van der Waals surface area contributed by atoms with Gasteiger partial charge in [-0.15, -0.1) is 0 Å². The highest BCUT2D eigenvalue weighted by molar-refractivity contribution is 5.98. The number of carboxylic acids is 1. The maximum absolute atomic E-state index is 13.1. The lowest BCUT2D eigenvalue weighted by Crippen LogP contribution is -2.50. The number of nitrogens with two attached hydrogens (primary N) is 1. The smallest absolute Gasteiger partial charge is 0.407 e. The molecule has 2 aliphatic carbocycles. The second-order valence-corrected chi connectivity index (χ2v) is 19.9. The summed E-state index contributed by atoms with van der Waals surface area (Å²) < 4.78 is 19.3. The summed E-state index contributed by atoms with van der Waals surface area (Å²) in [7, 11) is 2.42. The number of nitrogens with zero attached hydrogens (tertiary/aromatic N) is 4. The van der Waals surface area contributed by atoms with Crippen molar-refractivity contribution in [2.45, 2.75) is 143 Å². The van der Waals surface area contributed by atoms with Gasteiger partial charge in [0.15, 0.2) is 0 Å². The standard InChI is InChI=1S/C26H35N5O6.C17H19N3O3.C9H18N2O4/c1-14-21(22(33)31-19(23(34)36-6)13-27-25(35)37-26(3,4)5)15(2)29-24(28-14)30-17-11-10-16-8-7-9-20(32)18(16)12-17;1-9-15(16(22)23)10(2)19-17(18-9)20-12-7-6-11-4-3-5-14(21)13(11)8-12;1-9(2,3)15-8(13)11-5-6(10)7(12)14-4/h7-9,17,19,32H,10-13H2,1-6H3,(H,27,35)(H,31,33)(H,28,29,30);3-5,12,21H,6-8H2,1-2H3,(H,22,23)(H,18,19,20);6H,5,10H2,1-4H3,(H,11,13)/t17?,19-;;6-/m0.0/s1. The molecule has 4 aromatic rings. The molecule has 10 N–H and O–H groups in total. The van der Waals surface area contributed by atoms with Crippen LogP contribution in [-0.2, 0) is 54.2 Å². The number of aromatic carboxylic acids is 1. The van der Waals surface area contributed by atoms with Crippen molar-refractivity contribution in [3.63, 3.8) is 0 Å². The number of benzene rings is 2. The monoisotopic (exact) mass is 1040 g/mol. The van der Waals surface area contributed by atoms with Gasteiger partial charge in [0.1, 0.15) is 40.3 Å². The molecule has 3 amide bonds. The number of ether oxygens (including phenoxy) is 4. The Hall–Kier alpha value is -7.82. The van der Waals surface area contributed by atoms with Crippen LogP contribution in [0.25, 0.3) is 0 Å². The van der Waals surface area contributed by atoms with Gasteiger partial charge < -0.3 is 66.6 Å². The van der Waals surface area contributed by atoms with Gasteiger partial charge in [-0.05, 0) is 142 Å². The molecular weight excluding hydrogens is 973 g/mol. The second kappa shape index (κ2) is 26.4. The maximum atomic E-state index is 13.1. The fourth-order valence-electron chi connectivity index (χ4n) is 8.16. The molecule has 0 aliphatic heterocycles. The van der Waals surface area contributed by atoms with Crippen LogP contribution < -0.4 is 32.3 Å². The largest absolute Gasteiger partial charge is 0.508 e. The van der Waals surface area contributed by atoms with E-state index in [0.29, 0.717) is 53.3 Å². The number of rotatable bonds is 13. The van der Waals surface area contributed by atoms with Crippen molar-refractivity contribution in [3.8, 4) is 11.5 Å². The number of fused-ring (bicyclic) bond motifs is 2. The van der Waals surface area contributed by atoms with Crippen LogP contribution in [0.15, 0.2) is 36.4 Å². The molecule has 0 fully saturated rings. The zero-order valence-electron chi connectivity index (χ0n) is 44.7. The van der Waals surface area contributed by atoms with Gasteiger partial charge in [0.25, 0.3) is 5.91 Å². The molecule has 408 valence electrons. The van der Waals surface area contributed by atoms with E-state index in [1.807, 2.05) is 24.3 Å². The van der Waals surface area contributed by atoms with E-state index in [2.05, 4.69) is 51.3 Å². The first-order valence-electron chi connectivity index (χ1n) is 24.3. The summed E-state index contributed by atoms with van der Waals surface area (Å²) in [6.07, 6.45) is 3.48. The summed E-state index contributed by atoms with van der Waals surface area (Å²) in [4.78, 5) is 88.0. The lowest BCUT2D eigenvalue weighted by atomic mass is 9.88. The van der Waals surface area contributed by atoms with E-state index in [0.717, 1.165) is 42.4 Å². The lowest BCUT2D eigenvalue weighted by molar-refractivity contribution is -0.143. The number of carbonyl (C=O) groups is 6. The highest BCUT2D eigenvalue weighted by Crippen LogP contribution is 2.31. The predicted octanol–water partition coefficient (Wildman–Crippen LogP) is 5.04. The third kappa shape index (κ3) is 18.3. The summed E-state index contributed by atoms with van der Waals surface area (Å²) in [5, 5.41) is 43.4. The first kappa shape index (κ1) is 59.7. The molecular formula is C52H72N10O13. The molecule has 0 saturated carbocycles. The molecule has 0 spiro atoms. The van der Waals surface area contributed by atoms with Crippen LogP contribution in [0.2, 0.25) is 0 Å². The Kier molecular flexibility index (Phi) is 21.0. The lowest BCUT2D eigenvalue weighted by Gasteiger charge is -2.26. The highest BCUT2D eigenvalue weighted by atomic mass is 16.6. The first-order valence-corrected chi connectivity index (χ1v) is 24.3. The number of methoxy groups -OCH3 is 2. The number of hydrogen-bond donors (Lipinski definition) is 9. The molecule has 0 bridgehead atoms. The van der Waals surface area contributed by atoms with E-state index in [9.17, 15) is 44.1 Å². The number of aromatic hydroxyl groups is 2. The Morgan fingerprint density at radius 3 is 1.43 bits per heavy atom. The van der Waals surface area contributed by atoms with Gasteiger partial charge in [0.05, 0.1) is 49.1 Å². The highest BCUT2D eigenvalue weighted by Gasteiger charge is 2.29. The van der Waals surface area contributed by atoms with Crippen molar-refractivity contribution < 1.29 is 63.0 Å². The minimum Gasteiger partial charge on any atom is -0.508 e. The minimum atomic E-state index is -1.14. The van der Waals surface area contributed by atoms with Gasteiger partial charge >= 0.3 is 30.1 Å². The van der Waals surface area contributed by atoms with Crippen LogP contribution in [0.4, 0.5) is 21.5 Å². The number of alkyl carbamates (subject to hydrolysis) is 2. The topological polar surface area (TPSA) is 338 Å². The molecule has 75 heavy (non-hydrogen) atoms. The van der Waals surface area contributed by atoms with E-state index in [1.54, 1.807) is 81.4 Å². The van der Waals surface area contributed by atoms with E-state index < -0.39 is 59.3 Å². The Labute approximate surface area is 436 Å². The minimum absolute atomic E-state index is 0.0123. The van der Waals surface area contributed by atoms with Gasteiger partial charge in [-0.2, -0.15) is 0 Å². The third-order valence-corrected chi connectivity index (χ3v) is 11.6. The van der Waals surface area contributed by atoms with Crippen LogP contribution in [0.1, 0.15) is 120 Å². The normalized spacial score (nSPS) is 15.4. The number of aromatic nitrogens is 4. The van der Waals surface area contributed by atoms with Crippen LogP contribution in [0, 0.1) is 27.7 Å². The Morgan fingerprint density at radius 2 is 1.04 bits per heavy atom. The van der Waals surface area contributed by atoms with Crippen molar-refractivity contribution in [1.29, 1.82) is 0 Å². The maximum Gasteiger partial charge on any atom is 0.407 e. The molecule has 2 aromatic carbocycles. The molecule has 23 heteroatoms. The van der Waals surface area contributed by atoms with Crippen molar-refractivity contribution in [2.75, 3.05) is 37.9 Å². The number of phenolic OH excluding ortho intramolecular Hbond substituents is 2. The Bertz CT molecular complexity index is 2660. The van der Waals surface area contributed by atoms with Crippen molar-refractivity contribution in [3.05, 3.63) is 92.6 Å². The van der Waals surface area contributed by atoms with E-state index in [1.165, 1.54) is 19.8 Å². The van der Waals surface area contributed by atoms with Crippen molar-refractivity contribution in [2.24, 2.45) is 5.73 Å². The number of aryl methyl sites for hydroxylation is 6. The average molecular weight is 1050 g/mol. The number of amides is 3. The SMILES string of the molecule is COC(=O)[C@@H](N)CNC(=O)OC(C)(C)C.COC(=O)[C@H](CNC(=O)OC(C)(C)C)NC(=O)c1c(C)nc(NC2CCc3cccc(O)c3C2)nc1C.Cc1nc(NC2CCc3cccc(O)c3C2)nc(C)c1C(=O)O. The van der Waals surface area contributed by atoms with Crippen LogP contribution in [-0.4, -0.2) is 134 Å². The summed E-state index contributed by atoms with van der Waals surface area (Å²) in [6.45, 7) is 16.9. The number of phenols is 2. The molecule has 0 radical (unpaired) electrons. The number of nitrogens with one attached hydrogen (secondary N) is 5. The summed E-state index contributed by atoms with van der Waals surface area (Å²) >= 11 is 0. The zero-order chi connectivity index (χ0) is 55.9. The number of hydrogen-bond acceptors (Lipinski definition) is 19. The molecule has 23 nitrogen and oxygen atoms in total. The van der Waals surface area contributed by atoms with Gasteiger partial charge in [-0.1, -0.05) is 24.3 Å².